The number of anilines is 1. The number of aromatic nitrogens is 2. The molecule has 1 aromatic heterocycles. The molecule has 1 heterocycles. The van der Waals surface area contributed by atoms with Gasteiger partial charge < -0.3 is 4.90 Å². The first-order valence-corrected chi connectivity index (χ1v) is 9.11. The molecule has 1 aliphatic rings. The molecule has 1 saturated carbocycles. The lowest BCUT2D eigenvalue weighted by Crippen LogP contribution is -2.44. The Kier molecular flexibility index (Phi) is 5.83. The number of carbonyl (C=O) groups excluding carboxylic acids is 1. The third-order valence-corrected chi connectivity index (χ3v) is 4.75. The van der Waals surface area contributed by atoms with E-state index in [-0.39, 0.29) is 5.91 Å². The molecule has 1 fully saturated rings. The highest BCUT2D eigenvalue weighted by atomic mass is 16.2. The maximum atomic E-state index is 12.4. The minimum atomic E-state index is -0.174. The zero-order valence-electron chi connectivity index (χ0n) is 15.8. The Hall–Kier alpha value is -2.47. The number of aryl methyl sites for hydroxylation is 1. The molecule has 0 unspecified atom stereocenters. The molecule has 26 heavy (non-hydrogen) atoms. The number of nitrogens with zero attached hydrogens (tertiary/aromatic N) is 4. The van der Waals surface area contributed by atoms with E-state index in [0.29, 0.717) is 11.6 Å². The summed E-state index contributed by atoms with van der Waals surface area (Å²) in [6.45, 7) is 3.81. The molecule has 0 radical (unpaired) electrons. The molecular weight excluding hydrogens is 326 g/mol. The van der Waals surface area contributed by atoms with Gasteiger partial charge in [0.25, 0.3) is 5.91 Å². The molecule has 0 aliphatic heterocycles. The van der Waals surface area contributed by atoms with Crippen molar-refractivity contribution in [2.75, 3.05) is 32.1 Å². The van der Waals surface area contributed by atoms with E-state index in [4.69, 9.17) is 0 Å². The third-order valence-electron chi connectivity index (χ3n) is 4.75. The van der Waals surface area contributed by atoms with Crippen LogP contribution in [0.1, 0.15) is 34.5 Å². The Bertz CT molecular complexity index is 743. The molecule has 1 N–H and O–H groups in total. The molecule has 0 bridgehead atoms. The van der Waals surface area contributed by atoms with E-state index >= 15 is 0 Å². The van der Waals surface area contributed by atoms with Crippen LogP contribution in [0.25, 0.3) is 0 Å². The van der Waals surface area contributed by atoms with Crippen LogP contribution in [0, 0.1) is 12.8 Å². The Labute approximate surface area is 155 Å². The molecule has 138 valence electrons. The number of carbonyl (C=O) groups is 1. The van der Waals surface area contributed by atoms with Crippen molar-refractivity contribution in [3.8, 4) is 0 Å². The number of hydrogen-bond donors (Lipinski definition) is 1. The minimum Gasteiger partial charge on any atom is -0.378 e. The number of rotatable bonds is 8. The molecule has 3 rings (SSSR count). The number of amides is 1. The summed E-state index contributed by atoms with van der Waals surface area (Å²) in [5, 5.41) is 2.05. The summed E-state index contributed by atoms with van der Waals surface area (Å²) in [6, 6.07) is 8.17. The second kappa shape index (κ2) is 8.27. The second-order valence-corrected chi connectivity index (χ2v) is 7.18. The first-order chi connectivity index (χ1) is 12.5. The van der Waals surface area contributed by atoms with E-state index in [1.54, 1.807) is 12.3 Å². The van der Waals surface area contributed by atoms with Gasteiger partial charge in [-0.25, -0.2) is 15.0 Å². The molecular formula is C20H27N5O. The van der Waals surface area contributed by atoms with E-state index < -0.39 is 0 Å². The number of benzene rings is 1. The Morgan fingerprint density at radius 3 is 2.73 bits per heavy atom. The van der Waals surface area contributed by atoms with Gasteiger partial charge in [0.1, 0.15) is 12.0 Å². The summed E-state index contributed by atoms with van der Waals surface area (Å²) in [4.78, 5) is 22.4. The zero-order chi connectivity index (χ0) is 18.5. The fourth-order valence-electron chi connectivity index (χ4n) is 2.89. The molecule has 1 aromatic carbocycles. The topological polar surface area (TPSA) is 61.4 Å². The Morgan fingerprint density at radius 1 is 1.27 bits per heavy atom. The van der Waals surface area contributed by atoms with Crippen LogP contribution < -0.4 is 10.3 Å². The zero-order valence-corrected chi connectivity index (χ0v) is 15.8. The van der Waals surface area contributed by atoms with Crippen LogP contribution in [0.15, 0.2) is 36.8 Å². The average molecular weight is 353 g/mol. The fourth-order valence-corrected chi connectivity index (χ4v) is 2.89. The van der Waals surface area contributed by atoms with Gasteiger partial charge in [0, 0.05) is 39.1 Å². The normalized spacial score (nSPS) is 13.7. The smallest absolute Gasteiger partial charge is 0.284 e. The lowest BCUT2D eigenvalue weighted by atomic mass is 10.0. The highest BCUT2D eigenvalue weighted by Gasteiger charge is 2.25. The van der Waals surface area contributed by atoms with Gasteiger partial charge in [0.05, 0.1) is 0 Å². The molecule has 0 spiro atoms. The highest BCUT2D eigenvalue weighted by molar-refractivity contribution is 5.91. The van der Waals surface area contributed by atoms with Gasteiger partial charge in [-0.2, -0.15) is 0 Å². The largest absolute Gasteiger partial charge is 0.378 e. The van der Waals surface area contributed by atoms with E-state index in [1.807, 2.05) is 5.01 Å². The number of hydrazine groups is 1. The maximum Gasteiger partial charge on any atom is 0.284 e. The van der Waals surface area contributed by atoms with E-state index in [0.717, 1.165) is 19.5 Å². The molecule has 0 saturated heterocycles. The van der Waals surface area contributed by atoms with Gasteiger partial charge in [0.15, 0.2) is 0 Å². The van der Waals surface area contributed by atoms with Crippen LogP contribution in [0.5, 0.6) is 0 Å². The fraction of sp³-hybridized carbons (Fsp3) is 0.450. The van der Waals surface area contributed by atoms with Crippen molar-refractivity contribution in [1.82, 2.24) is 20.4 Å². The summed E-state index contributed by atoms with van der Waals surface area (Å²) < 4.78 is 0. The van der Waals surface area contributed by atoms with Gasteiger partial charge >= 0.3 is 0 Å². The predicted molar refractivity (Wildman–Crippen MR) is 103 cm³/mol. The molecule has 6 nitrogen and oxygen atoms in total. The van der Waals surface area contributed by atoms with Gasteiger partial charge in [-0.1, -0.05) is 6.07 Å². The summed E-state index contributed by atoms with van der Waals surface area (Å²) in [5.41, 5.74) is 7.21. The highest BCUT2D eigenvalue weighted by Crippen LogP contribution is 2.29. The van der Waals surface area contributed by atoms with E-state index in [1.165, 1.54) is 36.0 Å². The van der Waals surface area contributed by atoms with Gasteiger partial charge in [-0.15, -0.1) is 0 Å². The first-order valence-electron chi connectivity index (χ1n) is 9.11. The molecule has 1 aliphatic carbocycles. The van der Waals surface area contributed by atoms with E-state index in [9.17, 15) is 4.79 Å². The third kappa shape index (κ3) is 5.02. The minimum absolute atomic E-state index is 0.174. The van der Waals surface area contributed by atoms with Crippen molar-refractivity contribution in [3.05, 3.63) is 53.6 Å². The monoisotopic (exact) mass is 353 g/mol. The summed E-state index contributed by atoms with van der Waals surface area (Å²) in [7, 11) is 4.10. The average Bonchev–Trinajstić information content (AvgIpc) is 3.45. The molecule has 2 aromatic rings. The van der Waals surface area contributed by atoms with Gasteiger partial charge in [-0.05, 0) is 61.4 Å². The predicted octanol–water partition coefficient (Wildman–Crippen LogP) is 2.45. The SMILES string of the molecule is Cc1ccc(N(C)C)cc1CCN(CC1CC1)NC(=O)c1ccncn1. The van der Waals surface area contributed by atoms with Gasteiger partial charge in [0.2, 0.25) is 0 Å². The van der Waals surface area contributed by atoms with Crippen LogP contribution in [-0.2, 0) is 6.42 Å². The lowest BCUT2D eigenvalue weighted by molar-refractivity contribution is 0.0775. The number of hydrogen-bond acceptors (Lipinski definition) is 5. The molecule has 6 heteroatoms. The number of nitrogens with one attached hydrogen (secondary N) is 1. The van der Waals surface area contributed by atoms with Gasteiger partial charge in [-0.3, -0.25) is 10.2 Å². The van der Waals surface area contributed by atoms with Crippen molar-refractivity contribution in [3.63, 3.8) is 0 Å². The van der Waals surface area contributed by atoms with Crippen LogP contribution in [0.2, 0.25) is 0 Å². The van der Waals surface area contributed by atoms with E-state index in [2.05, 4.69) is 59.5 Å². The van der Waals surface area contributed by atoms with Crippen molar-refractivity contribution in [1.29, 1.82) is 0 Å². The molecule has 1 amide bonds. The Balaban J connectivity index is 1.65. The summed E-state index contributed by atoms with van der Waals surface area (Å²) in [6.07, 6.45) is 6.37. The van der Waals surface area contributed by atoms with Crippen LogP contribution in [0.3, 0.4) is 0 Å². The van der Waals surface area contributed by atoms with Crippen LogP contribution in [-0.4, -0.2) is 48.1 Å². The second-order valence-electron chi connectivity index (χ2n) is 7.18. The standard InChI is InChI=1S/C20H27N5O/c1-15-4-7-18(24(2)3)12-17(15)9-11-25(13-16-5-6-16)23-20(26)19-8-10-21-14-22-19/h4,7-8,10,12,14,16H,5-6,9,11,13H2,1-3H3,(H,23,26). The summed E-state index contributed by atoms with van der Waals surface area (Å²) in [5.74, 6) is 0.515. The van der Waals surface area contributed by atoms with Crippen LogP contribution >= 0.6 is 0 Å². The van der Waals surface area contributed by atoms with Crippen molar-refractivity contribution >= 4 is 11.6 Å². The van der Waals surface area contributed by atoms with Crippen LogP contribution in [0.4, 0.5) is 5.69 Å². The summed E-state index contributed by atoms with van der Waals surface area (Å²) >= 11 is 0. The first kappa shape index (κ1) is 18.3. The maximum absolute atomic E-state index is 12.4. The van der Waals surface area contributed by atoms with Crippen molar-refractivity contribution < 1.29 is 4.79 Å². The quantitative estimate of drug-likeness (QED) is 0.739. The molecule has 0 atom stereocenters. The van der Waals surface area contributed by atoms with Crippen molar-refractivity contribution in [2.24, 2.45) is 5.92 Å². The van der Waals surface area contributed by atoms with Crippen molar-refractivity contribution in [2.45, 2.75) is 26.2 Å². The lowest BCUT2D eigenvalue weighted by Gasteiger charge is -2.24. The Morgan fingerprint density at radius 2 is 2.08 bits per heavy atom.